The predicted octanol–water partition coefficient (Wildman–Crippen LogP) is 12.3. The number of nitrogens with zero attached hydrogens (tertiary/aromatic N) is 2. The van der Waals surface area contributed by atoms with Crippen molar-refractivity contribution >= 4 is 66.3 Å². The smallest absolute Gasteiger partial charge is 0.238 e. The molecule has 6 fully saturated rings. The van der Waals surface area contributed by atoms with Gasteiger partial charge in [0, 0.05) is 29.6 Å². The molecule has 460 valence electrons. The number of carbonyl (C=O) groups excluding carboxylic acids is 5. The van der Waals surface area contributed by atoms with Crippen molar-refractivity contribution in [1.82, 2.24) is 8.61 Å². The Bertz CT molecular complexity index is 2610. The monoisotopic (exact) mass is 1190 g/mol. The van der Waals surface area contributed by atoms with Gasteiger partial charge in [0.05, 0.1) is 59.2 Å². The van der Waals surface area contributed by atoms with Crippen molar-refractivity contribution in [2.45, 2.75) is 257 Å². The number of ketones is 2. The van der Waals surface area contributed by atoms with Crippen LogP contribution in [0.1, 0.15) is 190 Å². The highest BCUT2D eigenvalue weighted by molar-refractivity contribution is 7.90. The molecule has 0 radical (unpaired) electrons. The maximum absolute atomic E-state index is 14.0. The number of aliphatic hydroxyl groups is 1. The molecule has 6 rings (SSSR count). The van der Waals surface area contributed by atoms with Crippen LogP contribution < -0.4 is 0 Å². The summed E-state index contributed by atoms with van der Waals surface area (Å²) in [5.74, 6) is -0.775. The lowest BCUT2D eigenvalue weighted by Gasteiger charge is -2.43. The number of carbonyl (C=O) groups is 5. The third-order valence-corrected chi connectivity index (χ3v) is 35.3. The summed E-state index contributed by atoms with van der Waals surface area (Å²) >= 11 is 0. The number of aliphatic hydroxyl groups excluding tert-OH is 1. The van der Waals surface area contributed by atoms with E-state index in [0.29, 0.717) is 18.3 Å². The van der Waals surface area contributed by atoms with Crippen LogP contribution in [0.2, 0.25) is 36.3 Å². The summed E-state index contributed by atoms with van der Waals surface area (Å²) in [6.45, 7) is 50.3. The summed E-state index contributed by atoms with van der Waals surface area (Å²) in [6.07, 6.45) is 11.9. The molecule has 2 aliphatic heterocycles. The maximum Gasteiger partial charge on any atom is 0.238 e. The number of rotatable bonds is 18. The number of amides is 2. The summed E-state index contributed by atoms with van der Waals surface area (Å²) in [6, 6.07) is -0.425. The summed E-state index contributed by atoms with van der Waals surface area (Å²) in [7, 11) is -11.4. The molecule has 0 aromatic rings. The van der Waals surface area contributed by atoms with Crippen LogP contribution in [-0.2, 0) is 52.9 Å². The van der Waals surface area contributed by atoms with Gasteiger partial charge in [0.2, 0.25) is 31.9 Å². The average Bonchev–Trinajstić information content (AvgIpc) is 4.01. The fraction of sp³-hybridized carbons (Fsp3) is 0.855. The van der Waals surface area contributed by atoms with Crippen LogP contribution in [0.3, 0.4) is 0 Å². The van der Waals surface area contributed by atoms with Gasteiger partial charge in [-0.3, -0.25) is 19.2 Å². The minimum atomic E-state index is -3.79. The van der Waals surface area contributed by atoms with Crippen LogP contribution in [0.15, 0.2) is 24.3 Å². The van der Waals surface area contributed by atoms with Crippen molar-refractivity contribution in [3.05, 3.63) is 24.3 Å². The molecule has 2 spiro atoms. The quantitative estimate of drug-likeness (QED) is 0.0590. The van der Waals surface area contributed by atoms with Gasteiger partial charge < -0.3 is 18.8 Å². The fourth-order valence-electron chi connectivity index (χ4n) is 14.7. The topological polar surface area (TPSA) is 199 Å². The number of Topliss-reactive ketones (excluding diaryl/α,β-unsaturated/α-hetero) is 2. The Morgan fingerprint density at radius 3 is 1.31 bits per heavy atom. The van der Waals surface area contributed by atoms with Crippen molar-refractivity contribution < 1.29 is 54.8 Å². The van der Waals surface area contributed by atoms with Gasteiger partial charge in [-0.2, -0.15) is 0 Å². The first-order chi connectivity index (χ1) is 35.9. The minimum Gasteiger partial charge on any atom is -0.413 e. The Morgan fingerprint density at radius 2 is 0.988 bits per heavy atom. The average molecular weight is 1200 g/mol. The van der Waals surface area contributed by atoms with Gasteiger partial charge in [0.15, 0.2) is 22.4 Å². The van der Waals surface area contributed by atoms with E-state index in [9.17, 15) is 45.9 Å². The van der Waals surface area contributed by atoms with E-state index < -0.39 is 77.3 Å². The SMILES string of the molecule is C/C=C/[C@H](C)[C@@H](O[Si](C)(C)C(C)(C)C)[C@@H](C)C(=O)C(C)(C)C=O.C/C=C/[C@H](C)[C@H](O[Si](C)(C)C(C)(C)C)[C@@H](C)C(=O)C(C)(C)[C@@H](O)CC(=O)N1C2CC3CCC2(CS1(=O)=O)C3(C)C.CC(=O)N1C2CC3CCC2(CS1(=O)=O)C3(C)C. The number of fused-ring (bicyclic) bond motifs is 2. The zero-order chi connectivity index (χ0) is 62.1. The molecular formula is C62H110N2O12S2Si2. The van der Waals surface area contributed by atoms with Crippen LogP contribution in [0.4, 0.5) is 0 Å². The molecule has 80 heavy (non-hydrogen) atoms. The van der Waals surface area contributed by atoms with E-state index in [1.54, 1.807) is 27.7 Å². The molecule has 2 saturated heterocycles. The number of allylic oxidation sites excluding steroid dienone is 2. The molecular weight excluding hydrogens is 1080 g/mol. The fourth-order valence-corrected chi connectivity index (χ4v) is 22.7. The van der Waals surface area contributed by atoms with Crippen molar-refractivity contribution in [1.29, 1.82) is 0 Å². The second kappa shape index (κ2) is 23.5. The summed E-state index contributed by atoms with van der Waals surface area (Å²) in [5, 5.41) is 11.4. The number of aldehydes is 1. The molecule has 14 nitrogen and oxygen atoms in total. The third-order valence-electron chi connectivity index (χ3n) is 22.5. The largest absolute Gasteiger partial charge is 0.413 e. The molecule has 13 atom stereocenters. The predicted molar refractivity (Wildman–Crippen MR) is 326 cm³/mol. The van der Waals surface area contributed by atoms with Crippen molar-refractivity contribution in [3.63, 3.8) is 0 Å². The molecule has 2 heterocycles. The van der Waals surface area contributed by atoms with Gasteiger partial charge in [-0.15, -0.1) is 0 Å². The minimum absolute atomic E-state index is 0.00926. The van der Waals surface area contributed by atoms with Gasteiger partial charge in [0.25, 0.3) is 0 Å². The van der Waals surface area contributed by atoms with Crippen LogP contribution in [0.25, 0.3) is 0 Å². The maximum atomic E-state index is 14.0. The number of sulfonamides is 2. The molecule has 6 unspecified atom stereocenters. The van der Waals surface area contributed by atoms with Crippen molar-refractivity contribution in [2.75, 3.05) is 11.5 Å². The van der Waals surface area contributed by atoms with Gasteiger partial charge in [-0.05, 0) is 137 Å². The van der Waals surface area contributed by atoms with E-state index in [2.05, 4.69) is 108 Å². The van der Waals surface area contributed by atoms with Crippen LogP contribution in [0.5, 0.6) is 0 Å². The van der Waals surface area contributed by atoms with E-state index in [4.69, 9.17) is 8.85 Å². The highest BCUT2D eigenvalue weighted by Gasteiger charge is 2.73. The van der Waals surface area contributed by atoms with E-state index >= 15 is 0 Å². The van der Waals surface area contributed by atoms with Crippen LogP contribution in [0, 0.1) is 68.0 Å². The Kier molecular flexibility index (Phi) is 20.6. The Balaban J connectivity index is 0.000000288. The van der Waals surface area contributed by atoms with Crippen molar-refractivity contribution in [2.24, 2.45) is 68.0 Å². The lowest BCUT2D eigenvalue weighted by molar-refractivity contribution is -0.144. The number of hydrogen-bond acceptors (Lipinski definition) is 12. The molecule has 4 bridgehead atoms. The van der Waals surface area contributed by atoms with Crippen LogP contribution in [-0.4, -0.2) is 119 Å². The first-order valence-electron chi connectivity index (χ1n) is 29.8. The zero-order valence-electron chi connectivity index (χ0n) is 54.3. The summed E-state index contributed by atoms with van der Waals surface area (Å²) in [4.78, 5) is 63.3. The van der Waals surface area contributed by atoms with Gasteiger partial charge in [-0.25, -0.2) is 25.4 Å². The molecule has 6 aliphatic rings. The van der Waals surface area contributed by atoms with Gasteiger partial charge in [0.1, 0.15) is 12.1 Å². The molecule has 18 heteroatoms. The highest BCUT2D eigenvalue weighted by atomic mass is 32.2. The van der Waals surface area contributed by atoms with Crippen molar-refractivity contribution in [3.8, 4) is 0 Å². The molecule has 0 aromatic carbocycles. The second-order valence-corrected chi connectivity index (χ2v) is 44.0. The molecule has 0 aromatic heterocycles. The Labute approximate surface area is 487 Å². The van der Waals surface area contributed by atoms with E-state index in [-0.39, 0.29) is 97.3 Å². The first kappa shape index (κ1) is 70.1. The molecule has 4 saturated carbocycles. The van der Waals surface area contributed by atoms with E-state index in [0.717, 1.165) is 42.7 Å². The van der Waals surface area contributed by atoms with E-state index in [1.807, 2.05) is 52.8 Å². The first-order valence-corrected chi connectivity index (χ1v) is 38.9. The normalized spacial score (nSPS) is 30.1. The number of hydrogen-bond donors (Lipinski definition) is 1. The zero-order valence-corrected chi connectivity index (χ0v) is 57.9. The molecule has 4 aliphatic carbocycles. The van der Waals surface area contributed by atoms with Crippen LogP contribution >= 0.6 is 0 Å². The lowest BCUT2D eigenvalue weighted by atomic mass is 9.69. The highest BCUT2D eigenvalue weighted by Crippen LogP contribution is 2.71. The second-order valence-electron chi connectivity index (χ2n) is 30.8. The van der Waals surface area contributed by atoms with E-state index in [1.165, 1.54) is 11.2 Å². The van der Waals surface area contributed by atoms with Gasteiger partial charge >= 0.3 is 0 Å². The molecule has 1 N–H and O–H groups in total. The summed E-state index contributed by atoms with van der Waals surface area (Å²) < 4.78 is 66.7. The Hall–Kier alpha value is -2.36. The third kappa shape index (κ3) is 12.6. The standard InChI is InChI=1S/C31H55NO6SSi.C19H36O3Si.C12H19NO3S/c1-13-14-20(2)26(38-40(11,12)28(4,5)6)21(3)27(35)29(7,8)24(33)18-25(34)32-23-17-22-15-16-31(23,30(22,9)10)19-39(32,36)37;1-11-12-14(2)16(22-23(9,10)18(4,5)6)15(3)17(21)19(7,8)13-20;1-8(14)13-10-6-9-4-5-12(10,11(9,2)3)7-17(13,15)16/h13-14,20-24,26,33H,15-19H2,1-12H3;11-16H,1-10H3;9-10H,4-7H2,1-3H3/b14-13+;12-11+;/t20-,21+,22?,23?,24-,26-,31?;14-,15+,16+;/m00./s1. The summed E-state index contributed by atoms with van der Waals surface area (Å²) in [5.41, 5.74) is -2.93. The van der Waals surface area contributed by atoms with Gasteiger partial charge in [-0.1, -0.05) is 135 Å². The Morgan fingerprint density at radius 1 is 0.637 bits per heavy atom. The lowest BCUT2D eigenvalue weighted by Crippen LogP contribution is -2.52. The molecule has 2 amide bonds.